The van der Waals surface area contributed by atoms with E-state index in [0.717, 1.165) is 28.2 Å². The lowest BCUT2D eigenvalue weighted by molar-refractivity contribution is 0.406. The van der Waals surface area contributed by atoms with Gasteiger partial charge in [0.05, 0.1) is 23.8 Å². The van der Waals surface area contributed by atoms with Crippen molar-refractivity contribution in [1.82, 2.24) is 9.55 Å². The Balaban J connectivity index is 1.99. The fraction of sp³-hybridized carbons (Fsp3) is 0.214. The van der Waals surface area contributed by atoms with Gasteiger partial charge in [0.15, 0.2) is 4.21 Å². The highest BCUT2D eigenvalue weighted by Gasteiger charge is 2.21. The molecule has 2 heterocycles. The van der Waals surface area contributed by atoms with Crippen LogP contribution < -0.4 is 9.46 Å². The number of thiophene rings is 1. The Labute approximate surface area is 132 Å². The topological polar surface area (TPSA) is 73.2 Å². The summed E-state index contributed by atoms with van der Waals surface area (Å²) in [6.07, 6.45) is 0. The number of sulfonamides is 1. The van der Waals surface area contributed by atoms with E-state index in [1.807, 2.05) is 24.6 Å². The summed E-state index contributed by atoms with van der Waals surface area (Å²) < 4.78 is 34.6. The van der Waals surface area contributed by atoms with E-state index in [4.69, 9.17) is 4.74 Å². The predicted octanol–water partition coefficient (Wildman–Crippen LogP) is 2.75. The fourth-order valence-corrected chi connectivity index (χ4v) is 4.54. The van der Waals surface area contributed by atoms with Crippen molar-refractivity contribution in [2.45, 2.75) is 11.1 Å². The van der Waals surface area contributed by atoms with Crippen molar-refractivity contribution in [1.29, 1.82) is 0 Å². The van der Waals surface area contributed by atoms with E-state index in [0.29, 0.717) is 11.4 Å². The van der Waals surface area contributed by atoms with Gasteiger partial charge >= 0.3 is 0 Å². The van der Waals surface area contributed by atoms with Gasteiger partial charge in [-0.3, -0.25) is 4.72 Å². The van der Waals surface area contributed by atoms with E-state index in [2.05, 4.69) is 9.71 Å². The molecule has 1 N–H and O–H groups in total. The Kier molecular flexibility index (Phi) is 3.57. The number of hydrogen-bond acceptors (Lipinski definition) is 5. The number of hydrogen-bond donors (Lipinski definition) is 1. The van der Waals surface area contributed by atoms with Crippen LogP contribution in [0.25, 0.3) is 11.0 Å². The summed E-state index contributed by atoms with van der Waals surface area (Å²) in [5.41, 5.74) is 2.17. The van der Waals surface area contributed by atoms with Crippen LogP contribution in [0.5, 0.6) is 5.75 Å². The molecule has 6 nitrogen and oxygen atoms in total. The van der Waals surface area contributed by atoms with Crippen LogP contribution >= 0.6 is 11.3 Å². The third-order valence-electron chi connectivity index (χ3n) is 3.42. The van der Waals surface area contributed by atoms with Crippen LogP contribution in [0.15, 0.2) is 33.9 Å². The van der Waals surface area contributed by atoms with Crippen LogP contribution in [0.3, 0.4) is 0 Å². The number of imidazole rings is 1. The molecule has 0 saturated heterocycles. The Morgan fingerprint density at radius 3 is 2.82 bits per heavy atom. The molecule has 0 saturated carbocycles. The van der Waals surface area contributed by atoms with E-state index < -0.39 is 10.0 Å². The Morgan fingerprint density at radius 1 is 1.32 bits per heavy atom. The van der Waals surface area contributed by atoms with Gasteiger partial charge in [0, 0.05) is 7.05 Å². The van der Waals surface area contributed by atoms with Gasteiger partial charge in [-0.2, -0.15) is 0 Å². The molecular weight excluding hydrogens is 322 g/mol. The summed E-state index contributed by atoms with van der Waals surface area (Å²) in [4.78, 5) is 4.41. The second-order valence-corrected chi connectivity index (χ2v) is 7.60. The normalized spacial score (nSPS) is 11.8. The number of benzene rings is 1. The monoisotopic (exact) mass is 337 g/mol. The minimum atomic E-state index is -3.68. The molecule has 116 valence electrons. The molecule has 0 aliphatic carbocycles. The van der Waals surface area contributed by atoms with Crippen molar-refractivity contribution in [2.24, 2.45) is 7.05 Å². The molecule has 0 aliphatic heterocycles. The molecule has 2 aromatic heterocycles. The van der Waals surface area contributed by atoms with Gasteiger partial charge in [-0.15, -0.1) is 11.3 Å². The molecule has 3 rings (SSSR count). The van der Waals surface area contributed by atoms with E-state index in [-0.39, 0.29) is 4.21 Å². The fourth-order valence-electron chi connectivity index (χ4n) is 2.22. The van der Waals surface area contributed by atoms with Gasteiger partial charge < -0.3 is 9.30 Å². The van der Waals surface area contributed by atoms with Gasteiger partial charge in [0.2, 0.25) is 0 Å². The third-order valence-corrected chi connectivity index (χ3v) is 6.24. The molecule has 0 atom stereocenters. The van der Waals surface area contributed by atoms with E-state index in [9.17, 15) is 8.42 Å². The Hall–Kier alpha value is -2.06. The van der Waals surface area contributed by atoms with Crippen molar-refractivity contribution < 1.29 is 13.2 Å². The van der Waals surface area contributed by atoms with Gasteiger partial charge in [-0.1, -0.05) is 0 Å². The average molecular weight is 337 g/mol. The number of methoxy groups -OCH3 is 1. The zero-order valence-corrected chi connectivity index (χ0v) is 14.0. The molecule has 0 unspecified atom stereocenters. The van der Waals surface area contributed by atoms with Gasteiger partial charge in [-0.25, -0.2) is 13.4 Å². The number of ether oxygens (including phenoxy) is 1. The zero-order chi connectivity index (χ0) is 15.9. The summed E-state index contributed by atoms with van der Waals surface area (Å²) in [5, 5.41) is 1.68. The highest BCUT2D eigenvalue weighted by Crippen LogP contribution is 2.31. The lowest BCUT2D eigenvalue weighted by atomic mass is 10.3. The van der Waals surface area contributed by atoms with Crippen LogP contribution in [-0.2, 0) is 17.1 Å². The maximum absolute atomic E-state index is 12.4. The second-order valence-electron chi connectivity index (χ2n) is 4.80. The number of rotatable bonds is 4. The van der Waals surface area contributed by atoms with Crippen molar-refractivity contribution in [3.63, 3.8) is 0 Å². The lowest BCUT2D eigenvalue weighted by Gasteiger charge is -2.08. The van der Waals surface area contributed by atoms with E-state index in [1.54, 1.807) is 23.6 Å². The zero-order valence-electron chi connectivity index (χ0n) is 12.3. The van der Waals surface area contributed by atoms with Crippen LogP contribution in [0.4, 0.5) is 5.69 Å². The molecule has 0 radical (unpaired) electrons. The van der Waals surface area contributed by atoms with Crippen molar-refractivity contribution in [3.05, 3.63) is 35.5 Å². The van der Waals surface area contributed by atoms with Crippen LogP contribution in [-0.4, -0.2) is 25.1 Å². The Bertz CT molecular complexity index is 942. The van der Waals surface area contributed by atoms with Crippen molar-refractivity contribution in [3.8, 4) is 5.75 Å². The highest BCUT2D eigenvalue weighted by molar-refractivity contribution is 7.94. The van der Waals surface area contributed by atoms with Crippen molar-refractivity contribution in [2.75, 3.05) is 11.8 Å². The number of aryl methyl sites for hydroxylation is 2. The van der Waals surface area contributed by atoms with Crippen LogP contribution in [0, 0.1) is 6.92 Å². The van der Waals surface area contributed by atoms with Gasteiger partial charge in [-0.05, 0) is 36.6 Å². The van der Waals surface area contributed by atoms with E-state index >= 15 is 0 Å². The molecule has 0 aliphatic rings. The number of nitrogens with zero attached hydrogens (tertiary/aromatic N) is 2. The van der Waals surface area contributed by atoms with E-state index in [1.165, 1.54) is 7.11 Å². The minimum absolute atomic E-state index is 0.160. The number of nitrogens with one attached hydrogen (secondary N) is 1. The predicted molar refractivity (Wildman–Crippen MR) is 87.1 cm³/mol. The lowest BCUT2D eigenvalue weighted by Crippen LogP contribution is -2.12. The summed E-state index contributed by atoms with van der Waals surface area (Å²) in [6.45, 7) is 1.90. The molecule has 0 bridgehead atoms. The molecule has 1 aromatic carbocycles. The number of anilines is 1. The Morgan fingerprint density at radius 2 is 2.09 bits per heavy atom. The van der Waals surface area contributed by atoms with Crippen LogP contribution in [0.2, 0.25) is 0 Å². The van der Waals surface area contributed by atoms with Crippen LogP contribution in [0.1, 0.15) is 5.82 Å². The maximum atomic E-state index is 12.4. The average Bonchev–Trinajstić information content (AvgIpc) is 3.05. The maximum Gasteiger partial charge on any atom is 0.275 e. The molecule has 0 fully saturated rings. The first-order valence-electron chi connectivity index (χ1n) is 6.50. The molecule has 22 heavy (non-hydrogen) atoms. The molecule has 0 spiro atoms. The summed E-state index contributed by atoms with van der Waals surface area (Å²) in [7, 11) is -0.306. The first kappa shape index (κ1) is 14.9. The smallest absolute Gasteiger partial charge is 0.275 e. The van der Waals surface area contributed by atoms with Crippen molar-refractivity contribution >= 4 is 38.1 Å². The minimum Gasteiger partial charge on any atom is -0.494 e. The molecule has 3 aromatic rings. The SMILES string of the molecule is COc1ccsc1S(=O)(=O)Nc1ccc2c(c1)nc(C)n2C. The quantitative estimate of drug-likeness (QED) is 0.794. The highest BCUT2D eigenvalue weighted by atomic mass is 32.2. The molecule has 0 amide bonds. The summed E-state index contributed by atoms with van der Waals surface area (Å²) >= 11 is 1.12. The van der Waals surface area contributed by atoms with Gasteiger partial charge in [0.25, 0.3) is 10.0 Å². The third kappa shape index (κ3) is 2.44. The first-order valence-corrected chi connectivity index (χ1v) is 8.86. The molecule has 8 heteroatoms. The summed E-state index contributed by atoms with van der Waals surface area (Å²) in [6, 6.07) is 6.92. The number of aromatic nitrogens is 2. The first-order chi connectivity index (χ1) is 10.4. The summed E-state index contributed by atoms with van der Waals surface area (Å²) in [5.74, 6) is 1.21. The second kappa shape index (κ2) is 5.29. The molecular formula is C14H15N3O3S2. The number of fused-ring (bicyclic) bond motifs is 1. The standard InChI is InChI=1S/C14H15N3O3S2/c1-9-15-11-8-10(4-5-12(11)17(9)2)16-22(18,19)14-13(20-3)6-7-21-14/h4-8,16H,1-3H3. The van der Waals surface area contributed by atoms with Gasteiger partial charge in [0.1, 0.15) is 11.6 Å². The largest absolute Gasteiger partial charge is 0.494 e.